The lowest BCUT2D eigenvalue weighted by Gasteiger charge is -2.15. The third kappa shape index (κ3) is 4.39. The van der Waals surface area contributed by atoms with Crippen molar-refractivity contribution in [3.05, 3.63) is 59.9 Å². The molecule has 0 bridgehead atoms. The van der Waals surface area contributed by atoms with E-state index < -0.39 is 15.3 Å². The number of rotatable bonds is 6. The maximum Gasteiger partial charge on any atom is 0.213 e. The van der Waals surface area contributed by atoms with E-state index in [0.29, 0.717) is 12.1 Å². The molecule has 0 aliphatic rings. The fraction of sp³-hybridized carbons (Fsp3) is 0.333. The van der Waals surface area contributed by atoms with Crippen molar-refractivity contribution in [3.63, 3.8) is 0 Å². The zero-order chi connectivity index (χ0) is 17.0. The van der Waals surface area contributed by atoms with Gasteiger partial charge in [-0.15, -0.1) is 0 Å². The van der Waals surface area contributed by atoms with Crippen LogP contribution in [0.15, 0.2) is 48.5 Å². The molecule has 0 saturated heterocycles. The van der Waals surface area contributed by atoms with Gasteiger partial charge in [0.15, 0.2) is 0 Å². The summed E-state index contributed by atoms with van der Waals surface area (Å²) in [7, 11) is -3.26. The van der Waals surface area contributed by atoms with Gasteiger partial charge in [0.2, 0.25) is 10.0 Å². The standard InChI is InChI=1S/C18H22FNO2S/c1-13(2)23(21,22)20-12-14(3)15-8-10-16(11-9-15)17-6-4-5-7-18(17)19/h4-11,13-14,20H,12H2,1-3H3. The van der Waals surface area contributed by atoms with Gasteiger partial charge in [-0.1, -0.05) is 49.4 Å². The summed E-state index contributed by atoms with van der Waals surface area (Å²) in [5, 5.41) is -0.446. The van der Waals surface area contributed by atoms with E-state index in [9.17, 15) is 12.8 Å². The van der Waals surface area contributed by atoms with Crippen LogP contribution in [0.5, 0.6) is 0 Å². The molecule has 0 aliphatic carbocycles. The Morgan fingerprint density at radius 2 is 1.61 bits per heavy atom. The van der Waals surface area contributed by atoms with Crippen LogP contribution in [-0.2, 0) is 10.0 Å². The van der Waals surface area contributed by atoms with Crippen molar-refractivity contribution in [1.82, 2.24) is 4.72 Å². The second-order valence-electron chi connectivity index (χ2n) is 5.95. The molecule has 1 N–H and O–H groups in total. The van der Waals surface area contributed by atoms with E-state index in [-0.39, 0.29) is 11.7 Å². The van der Waals surface area contributed by atoms with Gasteiger partial charge >= 0.3 is 0 Å². The molecule has 0 spiro atoms. The average molecular weight is 335 g/mol. The Kier molecular flexibility index (Phi) is 5.55. The molecule has 0 aliphatic heterocycles. The lowest BCUT2D eigenvalue weighted by Crippen LogP contribution is -2.33. The van der Waals surface area contributed by atoms with Crippen LogP contribution in [0.3, 0.4) is 0 Å². The zero-order valence-corrected chi connectivity index (χ0v) is 14.4. The summed E-state index contributed by atoms with van der Waals surface area (Å²) in [6, 6.07) is 14.2. The smallest absolute Gasteiger partial charge is 0.213 e. The largest absolute Gasteiger partial charge is 0.214 e. The maximum absolute atomic E-state index is 13.8. The normalized spacial score (nSPS) is 13.3. The molecule has 23 heavy (non-hydrogen) atoms. The zero-order valence-electron chi connectivity index (χ0n) is 13.6. The molecule has 0 amide bonds. The lowest BCUT2D eigenvalue weighted by atomic mass is 9.97. The van der Waals surface area contributed by atoms with Crippen molar-refractivity contribution in [2.45, 2.75) is 31.9 Å². The summed E-state index contributed by atoms with van der Waals surface area (Å²) in [5.41, 5.74) is 2.38. The molecule has 2 rings (SSSR count). The van der Waals surface area contributed by atoms with Crippen LogP contribution >= 0.6 is 0 Å². The first kappa shape index (κ1) is 17.6. The summed E-state index contributed by atoms with van der Waals surface area (Å²) in [4.78, 5) is 0. The van der Waals surface area contributed by atoms with E-state index in [1.807, 2.05) is 31.2 Å². The van der Waals surface area contributed by atoms with Gasteiger partial charge in [0.05, 0.1) is 5.25 Å². The van der Waals surface area contributed by atoms with Crippen LogP contribution in [0.1, 0.15) is 32.3 Å². The molecule has 124 valence electrons. The summed E-state index contributed by atoms with van der Waals surface area (Å²) in [6.45, 7) is 5.60. The van der Waals surface area contributed by atoms with Crippen molar-refractivity contribution in [1.29, 1.82) is 0 Å². The summed E-state index contributed by atoms with van der Waals surface area (Å²) < 4.78 is 40.0. The fourth-order valence-corrected chi connectivity index (χ4v) is 3.03. The van der Waals surface area contributed by atoms with E-state index in [4.69, 9.17) is 0 Å². The fourth-order valence-electron chi connectivity index (χ4n) is 2.21. The number of halogens is 1. The maximum atomic E-state index is 13.8. The quantitative estimate of drug-likeness (QED) is 0.869. The predicted octanol–water partition coefficient (Wildman–Crippen LogP) is 3.92. The summed E-state index contributed by atoms with van der Waals surface area (Å²) in [5.74, 6) is -0.212. The molecule has 0 saturated carbocycles. The van der Waals surface area contributed by atoms with Crippen LogP contribution in [0.25, 0.3) is 11.1 Å². The summed E-state index contributed by atoms with van der Waals surface area (Å²) >= 11 is 0. The molecule has 0 fully saturated rings. The Balaban J connectivity index is 2.09. The first-order valence-corrected chi connectivity index (χ1v) is 9.19. The van der Waals surface area contributed by atoms with E-state index in [0.717, 1.165) is 11.1 Å². The number of sulfonamides is 1. The van der Waals surface area contributed by atoms with Crippen molar-refractivity contribution in [2.24, 2.45) is 0 Å². The average Bonchev–Trinajstić information content (AvgIpc) is 2.53. The van der Waals surface area contributed by atoms with E-state index in [1.54, 1.807) is 32.0 Å². The Bertz CT molecular complexity index is 755. The van der Waals surface area contributed by atoms with Crippen LogP contribution in [-0.4, -0.2) is 20.2 Å². The molecule has 0 aromatic heterocycles. The number of hydrogen-bond donors (Lipinski definition) is 1. The number of benzene rings is 2. The van der Waals surface area contributed by atoms with Crippen molar-refractivity contribution in [3.8, 4) is 11.1 Å². The molecule has 5 heteroatoms. The monoisotopic (exact) mass is 335 g/mol. The molecule has 0 heterocycles. The second-order valence-corrected chi connectivity index (χ2v) is 8.27. The minimum Gasteiger partial charge on any atom is -0.214 e. The van der Waals surface area contributed by atoms with Gasteiger partial charge in [0.25, 0.3) is 0 Å². The van der Waals surface area contributed by atoms with E-state index >= 15 is 0 Å². The molecule has 3 nitrogen and oxygen atoms in total. The van der Waals surface area contributed by atoms with Crippen LogP contribution in [0.2, 0.25) is 0 Å². The Morgan fingerprint density at radius 3 is 2.17 bits per heavy atom. The molecule has 1 atom stereocenters. The predicted molar refractivity (Wildman–Crippen MR) is 92.3 cm³/mol. The van der Waals surface area contributed by atoms with Gasteiger partial charge in [-0.3, -0.25) is 0 Å². The van der Waals surface area contributed by atoms with E-state index in [1.165, 1.54) is 6.07 Å². The van der Waals surface area contributed by atoms with Gasteiger partial charge in [-0.25, -0.2) is 17.5 Å². The topological polar surface area (TPSA) is 46.2 Å². The van der Waals surface area contributed by atoms with Gasteiger partial charge in [-0.05, 0) is 37.0 Å². The molecule has 2 aromatic rings. The van der Waals surface area contributed by atoms with Crippen molar-refractivity contribution < 1.29 is 12.8 Å². The van der Waals surface area contributed by atoms with E-state index in [2.05, 4.69) is 4.72 Å². The highest BCUT2D eigenvalue weighted by Gasteiger charge is 2.17. The third-order valence-electron chi connectivity index (χ3n) is 3.88. The Labute approximate surface area is 137 Å². The Hall–Kier alpha value is -1.72. The SMILES string of the molecule is CC(CNS(=O)(=O)C(C)C)c1ccc(-c2ccccc2F)cc1. The number of hydrogen-bond acceptors (Lipinski definition) is 2. The highest BCUT2D eigenvalue weighted by atomic mass is 32.2. The van der Waals surface area contributed by atoms with Crippen LogP contribution < -0.4 is 4.72 Å². The van der Waals surface area contributed by atoms with Gasteiger partial charge in [0, 0.05) is 12.1 Å². The molecule has 2 aromatic carbocycles. The summed E-state index contributed by atoms with van der Waals surface area (Å²) in [6.07, 6.45) is 0. The minimum absolute atomic E-state index is 0.0400. The van der Waals surface area contributed by atoms with Crippen molar-refractivity contribution >= 4 is 10.0 Å². The minimum atomic E-state index is -3.26. The van der Waals surface area contributed by atoms with Crippen LogP contribution in [0.4, 0.5) is 4.39 Å². The van der Waals surface area contributed by atoms with Gasteiger partial charge < -0.3 is 0 Å². The third-order valence-corrected chi connectivity index (χ3v) is 5.69. The van der Waals surface area contributed by atoms with Crippen LogP contribution in [0, 0.1) is 5.82 Å². The molecule has 1 unspecified atom stereocenters. The first-order valence-electron chi connectivity index (χ1n) is 7.64. The Morgan fingerprint density at radius 1 is 1.00 bits per heavy atom. The molecular weight excluding hydrogens is 313 g/mol. The molecular formula is C18H22FNO2S. The lowest BCUT2D eigenvalue weighted by molar-refractivity contribution is 0.566. The second kappa shape index (κ2) is 7.23. The van der Waals surface area contributed by atoms with Crippen molar-refractivity contribution in [2.75, 3.05) is 6.54 Å². The molecule has 0 radical (unpaired) electrons. The van der Waals surface area contributed by atoms with Gasteiger partial charge in [0.1, 0.15) is 5.82 Å². The highest BCUT2D eigenvalue weighted by Crippen LogP contribution is 2.24. The first-order chi connectivity index (χ1) is 10.8. The number of nitrogens with one attached hydrogen (secondary N) is 1. The van der Waals surface area contributed by atoms with Gasteiger partial charge in [-0.2, -0.15) is 0 Å². The highest BCUT2D eigenvalue weighted by molar-refractivity contribution is 7.90.